The molecule has 1 fully saturated rings. The zero-order chi connectivity index (χ0) is 15.5. The van der Waals surface area contributed by atoms with Crippen LogP contribution in [0.5, 0.6) is 0 Å². The minimum Gasteiger partial charge on any atom is -0.369 e. The van der Waals surface area contributed by atoms with Gasteiger partial charge in [-0.25, -0.2) is 0 Å². The topological polar surface area (TPSA) is 30.3 Å². The summed E-state index contributed by atoms with van der Waals surface area (Å²) in [5.41, 5.74) is 2.26. The largest absolute Gasteiger partial charge is 0.405 e. The van der Waals surface area contributed by atoms with Crippen LogP contribution in [0.15, 0.2) is 24.3 Å². The van der Waals surface area contributed by atoms with Gasteiger partial charge >= 0.3 is 6.18 Å². The van der Waals surface area contributed by atoms with E-state index in [1.165, 1.54) is 6.07 Å². The number of aryl methyl sites for hydroxylation is 1. The normalized spacial score (nSPS) is 18.3. The molecule has 1 atom stereocenters. The Morgan fingerprint density at radius 2 is 1.90 bits per heavy atom. The van der Waals surface area contributed by atoms with Gasteiger partial charge in [-0.1, -0.05) is 12.1 Å². The van der Waals surface area contributed by atoms with Crippen LogP contribution in [0.2, 0.25) is 0 Å². The van der Waals surface area contributed by atoms with E-state index in [1.54, 1.807) is 4.90 Å². The number of benzene rings is 1. The van der Waals surface area contributed by atoms with Gasteiger partial charge in [-0.05, 0) is 24.6 Å². The molecule has 1 aliphatic rings. The van der Waals surface area contributed by atoms with Gasteiger partial charge in [0, 0.05) is 38.4 Å². The van der Waals surface area contributed by atoms with E-state index in [0.29, 0.717) is 26.2 Å². The third-order valence-corrected chi connectivity index (χ3v) is 3.73. The van der Waals surface area contributed by atoms with Gasteiger partial charge in [0.15, 0.2) is 5.92 Å². The number of hydrogen-bond acceptors (Lipinski definition) is 3. The van der Waals surface area contributed by atoms with Gasteiger partial charge < -0.3 is 4.90 Å². The molecular weight excluding hydrogens is 279 g/mol. The fraction of sp³-hybridized carbons (Fsp3) is 0.533. The summed E-state index contributed by atoms with van der Waals surface area (Å²) in [6, 6.07) is 9.44. The Labute approximate surface area is 122 Å². The van der Waals surface area contributed by atoms with Crippen LogP contribution in [-0.4, -0.2) is 43.8 Å². The number of halogens is 3. The van der Waals surface area contributed by atoms with Gasteiger partial charge in [0.05, 0.1) is 6.07 Å². The maximum atomic E-state index is 12.6. The summed E-state index contributed by atoms with van der Waals surface area (Å²) in [5, 5.41) is 8.65. The average Bonchev–Trinajstić information content (AvgIpc) is 2.44. The molecular formula is C15H18F3N3. The predicted octanol–water partition coefficient (Wildman–Crippen LogP) is 2.82. The van der Waals surface area contributed by atoms with Crippen LogP contribution in [0.3, 0.4) is 0 Å². The predicted molar refractivity (Wildman–Crippen MR) is 75.0 cm³/mol. The first kappa shape index (κ1) is 15.6. The van der Waals surface area contributed by atoms with Crippen LogP contribution in [-0.2, 0) is 0 Å². The summed E-state index contributed by atoms with van der Waals surface area (Å²) < 4.78 is 37.8. The van der Waals surface area contributed by atoms with Crippen molar-refractivity contribution in [1.29, 1.82) is 5.26 Å². The molecule has 0 amide bonds. The Morgan fingerprint density at radius 1 is 1.24 bits per heavy atom. The smallest absolute Gasteiger partial charge is 0.369 e. The van der Waals surface area contributed by atoms with Crippen LogP contribution in [0.1, 0.15) is 5.56 Å². The molecule has 0 N–H and O–H groups in total. The Kier molecular flexibility index (Phi) is 4.73. The highest BCUT2D eigenvalue weighted by Crippen LogP contribution is 2.27. The molecule has 0 radical (unpaired) electrons. The zero-order valence-corrected chi connectivity index (χ0v) is 11.9. The van der Waals surface area contributed by atoms with Crippen molar-refractivity contribution in [3.8, 4) is 6.07 Å². The van der Waals surface area contributed by atoms with E-state index in [2.05, 4.69) is 11.0 Å². The molecule has 0 aromatic heterocycles. The van der Waals surface area contributed by atoms with Crippen LogP contribution in [0.4, 0.5) is 18.9 Å². The molecule has 1 saturated heterocycles. The Morgan fingerprint density at radius 3 is 2.43 bits per heavy atom. The second-order valence-corrected chi connectivity index (χ2v) is 5.35. The third kappa shape index (κ3) is 4.11. The van der Waals surface area contributed by atoms with E-state index >= 15 is 0 Å². The monoisotopic (exact) mass is 297 g/mol. The lowest BCUT2D eigenvalue weighted by atomic mass is 10.1. The van der Waals surface area contributed by atoms with Gasteiger partial charge in [0.1, 0.15) is 0 Å². The average molecular weight is 297 g/mol. The van der Waals surface area contributed by atoms with Crippen molar-refractivity contribution in [1.82, 2.24) is 4.90 Å². The molecule has 1 aromatic carbocycles. The highest BCUT2D eigenvalue weighted by molar-refractivity contribution is 5.48. The second kappa shape index (κ2) is 6.35. The molecule has 0 bridgehead atoms. The van der Waals surface area contributed by atoms with E-state index < -0.39 is 12.1 Å². The SMILES string of the molecule is Cc1cccc(N2CCN(CC(C#N)C(F)(F)F)CC2)c1. The van der Waals surface area contributed by atoms with Crippen LogP contribution in [0, 0.1) is 24.2 Å². The molecule has 0 saturated carbocycles. The zero-order valence-electron chi connectivity index (χ0n) is 11.9. The summed E-state index contributed by atoms with van der Waals surface area (Å²) in [4.78, 5) is 3.88. The van der Waals surface area contributed by atoms with Crippen molar-refractivity contribution < 1.29 is 13.2 Å². The van der Waals surface area contributed by atoms with Crippen molar-refractivity contribution >= 4 is 5.69 Å². The van der Waals surface area contributed by atoms with Gasteiger partial charge in [0.25, 0.3) is 0 Å². The Balaban J connectivity index is 1.90. The quantitative estimate of drug-likeness (QED) is 0.859. The van der Waals surface area contributed by atoms with E-state index in [4.69, 9.17) is 5.26 Å². The molecule has 6 heteroatoms. The minimum absolute atomic E-state index is 0.234. The lowest BCUT2D eigenvalue weighted by Gasteiger charge is -2.37. The lowest BCUT2D eigenvalue weighted by Crippen LogP contribution is -2.49. The van der Waals surface area contributed by atoms with Crippen LogP contribution >= 0.6 is 0 Å². The van der Waals surface area contributed by atoms with Crippen molar-refractivity contribution in [2.75, 3.05) is 37.6 Å². The van der Waals surface area contributed by atoms with Crippen LogP contribution < -0.4 is 4.90 Å². The first-order chi connectivity index (χ1) is 9.90. The molecule has 1 aliphatic heterocycles. The minimum atomic E-state index is -4.44. The fourth-order valence-corrected chi connectivity index (χ4v) is 2.49. The van der Waals surface area contributed by atoms with E-state index in [1.807, 2.05) is 25.1 Å². The summed E-state index contributed by atoms with van der Waals surface area (Å²) in [6.07, 6.45) is -4.44. The molecule has 1 unspecified atom stereocenters. The molecule has 1 aromatic rings. The number of nitrogens with zero attached hydrogens (tertiary/aromatic N) is 3. The lowest BCUT2D eigenvalue weighted by molar-refractivity contribution is -0.163. The first-order valence-electron chi connectivity index (χ1n) is 6.90. The number of hydrogen-bond donors (Lipinski definition) is 0. The molecule has 1 heterocycles. The summed E-state index contributed by atoms with van der Waals surface area (Å²) in [6.45, 7) is 4.23. The second-order valence-electron chi connectivity index (χ2n) is 5.35. The van der Waals surface area contributed by atoms with Gasteiger partial charge in [0.2, 0.25) is 0 Å². The molecule has 21 heavy (non-hydrogen) atoms. The highest BCUT2D eigenvalue weighted by Gasteiger charge is 2.41. The highest BCUT2D eigenvalue weighted by atomic mass is 19.4. The van der Waals surface area contributed by atoms with Gasteiger partial charge in [-0.3, -0.25) is 4.90 Å². The third-order valence-electron chi connectivity index (χ3n) is 3.73. The Bertz CT molecular complexity index is 514. The molecule has 2 rings (SSSR count). The molecule has 0 spiro atoms. The number of anilines is 1. The Hall–Kier alpha value is -1.74. The number of piperazine rings is 1. The first-order valence-corrected chi connectivity index (χ1v) is 6.90. The van der Waals surface area contributed by atoms with Crippen molar-refractivity contribution in [3.63, 3.8) is 0 Å². The van der Waals surface area contributed by atoms with Crippen molar-refractivity contribution in [2.24, 2.45) is 5.92 Å². The van der Waals surface area contributed by atoms with Crippen LogP contribution in [0.25, 0.3) is 0 Å². The molecule has 3 nitrogen and oxygen atoms in total. The number of alkyl halides is 3. The van der Waals surface area contributed by atoms with Gasteiger partial charge in [-0.15, -0.1) is 0 Å². The van der Waals surface area contributed by atoms with Crippen molar-refractivity contribution in [3.05, 3.63) is 29.8 Å². The van der Waals surface area contributed by atoms with Gasteiger partial charge in [-0.2, -0.15) is 18.4 Å². The fourth-order valence-electron chi connectivity index (χ4n) is 2.49. The maximum Gasteiger partial charge on any atom is 0.405 e. The van der Waals surface area contributed by atoms with E-state index in [-0.39, 0.29) is 6.54 Å². The summed E-state index contributed by atoms with van der Waals surface area (Å²) in [5.74, 6) is -1.90. The van der Waals surface area contributed by atoms with E-state index in [0.717, 1.165) is 11.3 Å². The van der Waals surface area contributed by atoms with E-state index in [9.17, 15) is 13.2 Å². The number of rotatable bonds is 3. The molecule has 0 aliphatic carbocycles. The van der Waals surface area contributed by atoms with Crippen molar-refractivity contribution in [2.45, 2.75) is 13.1 Å². The number of nitriles is 1. The standard InChI is InChI=1S/C15H18F3N3/c1-12-3-2-4-14(9-12)21-7-5-20(6-8-21)11-13(10-19)15(16,17)18/h2-4,9,13H,5-8,11H2,1H3. The molecule has 114 valence electrons. The maximum absolute atomic E-state index is 12.6. The summed E-state index contributed by atoms with van der Waals surface area (Å²) >= 11 is 0. The summed E-state index contributed by atoms with van der Waals surface area (Å²) in [7, 11) is 0.